The van der Waals surface area contributed by atoms with E-state index in [1.165, 1.54) is 0 Å². The molecule has 0 amide bonds. The van der Waals surface area contributed by atoms with E-state index in [1.807, 2.05) is 0 Å². The number of pyridine rings is 1. The van der Waals surface area contributed by atoms with Crippen LogP contribution in [0.2, 0.25) is 5.02 Å². The van der Waals surface area contributed by atoms with Crippen LogP contribution in [0.5, 0.6) is 5.75 Å². The van der Waals surface area contributed by atoms with Gasteiger partial charge in [-0.15, -0.1) is 0 Å². The zero-order chi connectivity index (χ0) is 19.7. The molecule has 0 aliphatic carbocycles. The first-order chi connectivity index (χ1) is 12.8. The number of ether oxygens (including phenoxy) is 1. The SMILES string of the molecule is Cc1nc2ccc(Cl)cc2c(-c2ccc(O)cc2)c1C(OC(C)C)C(=O)O. The monoisotopic (exact) mass is 385 g/mol. The highest BCUT2D eigenvalue weighted by Gasteiger charge is 2.29. The molecule has 1 heterocycles. The summed E-state index contributed by atoms with van der Waals surface area (Å²) in [6.07, 6.45) is -1.46. The summed E-state index contributed by atoms with van der Waals surface area (Å²) in [6.45, 7) is 5.35. The van der Waals surface area contributed by atoms with Gasteiger partial charge < -0.3 is 14.9 Å². The van der Waals surface area contributed by atoms with Gasteiger partial charge in [-0.25, -0.2) is 4.79 Å². The van der Waals surface area contributed by atoms with Crippen molar-refractivity contribution in [2.75, 3.05) is 0 Å². The first kappa shape index (κ1) is 19.1. The summed E-state index contributed by atoms with van der Waals surface area (Å²) in [5.41, 5.74) is 3.20. The predicted molar refractivity (Wildman–Crippen MR) is 105 cm³/mol. The number of nitrogens with zero attached hydrogens (tertiary/aromatic N) is 1. The fraction of sp³-hybridized carbons (Fsp3) is 0.238. The zero-order valence-corrected chi connectivity index (χ0v) is 16.0. The van der Waals surface area contributed by atoms with Crippen LogP contribution in [-0.4, -0.2) is 27.3 Å². The number of carboxylic acid groups (broad SMARTS) is 1. The van der Waals surface area contributed by atoms with Crippen LogP contribution in [0.1, 0.15) is 31.2 Å². The highest BCUT2D eigenvalue weighted by atomic mass is 35.5. The topological polar surface area (TPSA) is 79.7 Å². The third kappa shape index (κ3) is 3.89. The highest BCUT2D eigenvalue weighted by molar-refractivity contribution is 6.31. The zero-order valence-electron chi connectivity index (χ0n) is 15.2. The maximum atomic E-state index is 12.0. The van der Waals surface area contributed by atoms with Crippen LogP contribution in [0.3, 0.4) is 0 Å². The molecule has 0 aliphatic rings. The number of aromatic nitrogens is 1. The lowest BCUT2D eigenvalue weighted by atomic mass is 9.91. The molecule has 27 heavy (non-hydrogen) atoms. The summed E-state index contributed by atoms with van der Waals surface area (Å²) in [4.78, 5) is 16.6. The molecule has 2 aromatic carbocycles. The van der Waals surface area contributed by atoms with Crippen LogP contribution in [0.25, 0.3) is 22.0 Å². The van der Waals surface area contributed by atoms with Crippen molar-refractivity contribution in [1.29, 1.82) is 0 Å². The molecule has 1 aromatic heterocycles. The standard InChI is InChI=1S/C21H20ClNO4/c1-11(2)27-20(21(25)26)18-12(3)23-17-9-6-14(22)10-16(17)19(18)13-4-7-15(24)8-5-13/h4-11,20,24H,1-3H3,(H,25,26). The first-order valence-corrected chi connectivity index (χ1v) is 8.93. The van der Waals surface area contributed by atoms with Crippen LogP contribution in [0.15, 0.2) is 42.5 Å². The van der Waals surface area contributed by atoms with Gasteiger partial charge in [-0.3, -0.25) is 4.98 Å². The second-order valence-corrected chi connectivity index (χ2v) is 7.03. The Kier molecular flexibility index (Phi) is 5.35. The van der Waals surface area contributed by atoms with Crippen molar-refractivity contribution < 1.29 is 19.7 Å². The van der Waals surface area contributed by atoms with Gasteiger partial charge in [0, 0.05) is 21.7 Å². The Bertz CT molecular complexity index is 999. The van der Waals surface area contributed by atoms with E-state index in [9.17, 15) is 15.0 Å². The van der Waals surface area contributed by atoms with Gasteiger partial charge in [0.2, 0.25) is 0 Å². The molecule has 140 valence electrons. The second-order valence-electron chi connectivity index (χ2n) is 6.60. The second kappa shape index (κ2) is 7.55. The summed E-state index contributed by atoms with van der Waals surface area (Å²) >= 11 is 6.21. The number of halogens is 1. The number of phenolic OH excluding ortho intramolecular Hbond substituents is 1. The van der Waals surface area contributed by atoms with Crippen LogP contribution >= 0.6 is 11.6 Å². The molecule has 5 nitrogen and oxygen atoms in total. The van der Waals surface area contributed by atoms with E-state index >= 15 is 0 Å². The van der Waals surface area contributed by atoms with Crippen molar-refractivity contribution in [2.24, 2.45) is 0 Å². The average molecular weight is 386 g/mol. The van der Waals surface area contributed by atoms with Gasteiger partial charge in [-0.1, -0.05) is 23.7 Å². The highest BCUT2D eigenvalue weighted by Crippen LogP contribution is 2.39. The molecule has 2 N–H and O–H groups in total. The third-order valence-corrected chi connectivity index (χ3v) is 4.46. The number of aromatic hydroxyl groups is 1. The summed E-state index contributed by atoms with van der Waals surface area (Å²) < 4.78 is 5.72. The Labute approximate surface area is 162 Å². The molecule has 0 radical (unpaired) electrons. The van der Waals surface area contributed by atoms with Crippen molar-refractivity contribution in [3.8, 4) is 16.9 Å². The van der Waals surface area contributed by atoms with Crippen LogP contribution in [-0.2, 0) is 9.53 Å². The van der Waals surface area contributed by atoms with Gasteiger partial charge in [0.1, 0.15) is 5.75 Å². The molecule has 3 aromatic rings. The van der Waals surface area contributed by atoms with Crippen LogP contribution in [0.4, 0.5) is 0 Å². The van der Waals surface area contributed by atoms with Crippen molar-refractivity contribution in [2.45, 2.75) is 33.0 Å². The molecule has 3 rings (SSSR count). The number of carbonyl (C=O) groups is 1. The molecule has 1 unspecified atom stereocenters. The smallest absolute Gasteiger partial charge is 0.337 e. The maximum absolute atomic E-state index is 12.0. The van der Waals surface area contributed by atoms with Gasteiger partial charge in [-0.2, -0.15) is 0 Å². The lowest BCUT2D eigenvalue weighted by molar-refractivity contribution is -0.153. The molecule has 1 atom stereocenters. The number of fused-ring (bicyclic) bond motifs is 1. The minimum Gasteiger partial charge on any atom is -0.508 e. The van der Waals surface area contributed by atoms with Gasteiger partial charge >= 0.3 is 5.97 Å². The van der Waals surface area contributed by atoms with Gasteiger partial charge in [-0.05, 0) is 62.2 Å². The van der Waals surface area contributed by atoms with Crippen molar-refractivity contribution in [3.63, 3.8) is 0 Å². The molecule has 0 saturated carbocycles. The maximum Gasteiger partial charge on any atom is 0.337 e. The van der Waals surface area contributed by atoms with Gasteiger partial charge in [0.25, 0.3) is 0 Å². The molecule has 6 heteroatoms. The Morgan fingerprint density at radius 2 is 1.81 bits per heavy atom. The molecule has 0 fully saturated rings. The molecule has 0 saturated heterocycles. The summed E-state index contributed by atoms with van der Waals surface area (Å²) in [7, 11) is 0. The Hall–Kier alpha value is -2.63. The summed E-state index contributed by atoms with van der Waals surface area (Å²) in [5.74, 6) is -0.961. The minimum absolute atomic E-state index is 0.127. The van der Waals surface area contributed by atoms with E-state index in [4.69, 9.17) is 16.3 Å². The van der Waals surface area contributed by atoms with Crippen LogP contribution in [0, 0.1) is 6.92 Å². The number of benzene rings is 2. The summed E-state index contributed by atoms with van der Waals surface area (Å²) in [5, 5.41) is 20.7. The van der Waals surface area contributed by atoms with Crippen LogP contribution < -0.4 is 0 Å². The molecular weight excluding hydrogens is 366 g/mol. The number of aliphatic carboxylic acids is 1. The number of rotatable bonds is 5. The lowest BCUT2D eigenvalue weighted by Gasteiger charge is -2.23. The van der Waals surface area contributed by atoms with Crippen molar-refractivity contribution >= 4 is 28.5 Å². The number of carboxylic acids is 1. The first-order valence-electron chi connectivity index (χ1n) is 8.55. The van der Waals surface area contributed by atoms with E-state index in [2.05, 4.69) is 4.98 Å². The number of aryl methyl sites for hydroxylation is 1. The molecular formula is C21H20ClNO4. The van der Waals surface area contributed by atoms with E-state index in [-0.39, 0.29) is 11.9 Å². The lowest BCUT2D eigenvalue weighted by Crippen LogP contribution is -2.21. The third-order valence-electron chi connectivity index (χ3n) is 4.23. The Morgan fingerprint density at radius 3 is 2.41 bits per heavy atom. The number of hydrogen-bond acceptors (Lipinski definition) is 4. The largest absolute Gasteiger partial charge is 0.508 e. The summed E-state index contributed by atoms with van der Waals surface area (Å²) in [6, 6.07) is 11.9. The Morgan fingerprint density at radius 1 is 1.15 bits per heavy atom. The quantitative estimate of drug-likeness (QED) is 0.637. The van der Waals surface area contributed by atoms with E-state index in [0.717, 1.165) is 10.9 Å². The predicted octanol–water partition coefficient (Wildman–Crippen LogP) is 5.12. The molecule has 0 bridgehead atoms. The average Bonchev–Trinajstić information content (AvgIpc) is 2.60. The normalized spacial score (nSPS) is 12.5. The Balaban J connectivity index is 2.40. The number of hydrogen-bond donors (Lipinski definition) is 2. The van der Waals surface area contributed by atoms with Crippen molar-refractivity contribution in [1.82, 2.24) is 4.98 Å². The fourth-order valence-electron chi connectivity index (χ4n) is 3.15. The van der Waals surface area contributed by atoms with E-state index < -0.39 is 12.1 Å². The van der Waals surface area contributed by atoms with E-state index in [0.29, 0.717) is 27.4 Å². The fourth-order valence-corrected chi connectivity index (χ4v) is 3.33. The molecule has 0 aliphatic heterocycles. The minimum atomic E-state index is -1.18. The van der Waals surface area contributed by atoms with Crippen molar-refractivity contribution in [3.05, 3.63) is 58.7 Å². The molecule has 0 spiro atoms. The number of phenols is 1. The van der Waals surface area contributed by atoms with Gasteiger partial charge in [0.15, 0.2) is 6.10 Å². The van der Waals surface area contributed by atoms with E-state index in [1.54, 1.807) is 63.2 Å². The van der Waals surface area contributed by atoms with Gasteiger partial charge in [0.05, 0.1) is 11.6 Å².